The highest BCUT2D eigenvalue weighted by Gasteiger charge is 2.14. The van der Waals surface area contributed by atoms with Crippen LogP contribution in [-0.4, -0.2) is 10.3 Å². The van der Waals surface area contributed by atoms with E-state index in [-0.39, 0.29) is 0 Å². The van der Waals surface area contributed by atoms with Gasteiger partial charge in [0.25, 0.3) is 0 Å². The van der Waals surface area contributed by atoms with Crippen molar-refractivity contribution in [2.75, 3.05) is 0 Å². The normalized spacial score (nSPS) is 14.2. The zero-order chi connectivity index (χ0) is 18.5. The Labute approximate surface area is 167 Å². The largest absolute Gasteiger partial charge is 0.309 e. The SMILES string of the molecule is C1=CN=C(c2ccc(-n3c4ccccc4c4cc5sccc5cc43)cc2)CC1. The molecular formula is C25H18N2S. The molecule has 0 saturated carbocycles. The van der Waals surface area contributed by atoms with Gasteiger partial charge in [0.2, 0.25) is 0 Å². The number of rotatable bonds is 2. The van der Waals surface area contributed by atoms with Gasteiger partial charge in [-0.1, -0.05) is 36.4 Å². The molecule has 6 rings (SSSR count). The van der Waals surface area contributed by atoms with Crippen molar-refractivity contribution in [1.29, 1.82) is 0 Å². The molecule has 0 bridgehead atoms. The highest BCUT2D eigenvalue weighted by molar-refractivity contribution is 7.17. The summed E-state index contributed by atoms with van der Waals surface area (Å²) in [5.41, 5.74) is 6.10. The van der Waals surface area contributed by atoms with E-state index in [1.165, 1.54) is 48.9 Å². The fourth-order valence-electron chi connectivity index (χ4n) is 4.23. The van der Waals surface area contributed by atoms with Crippen molar-refractivity contribution in [3.05, 3.63) is 89.9 Å². The molecule has 0 aliphatic carbocycles. The van der Waals surface area contributed by atoms with Crippen molar-refractivity contribution >= 4 is 48.9 Å². The second-order valence-corrected chi connectivity index (χ2v) is 8.17. The molecule has 0 amide bonds. The minimum atomic E-state index is 1.02. The smallest absolute Gasteiger partial charge is 0.0548 e. The van der Waals surface area contributed by atoms with E-state index in [1.54, 1.807) is 11.3 Å². The molecule has 134 valence electrons. The predicted molar refractivity (Wildman–Crippen MR) is 121 cm³/mol. The third-order valence-corrected chi connectivity index (χ3v) is 6.47. The van der Waals surface area contributed by atoms with E-state index in [2.05, 4.69) is 87.7 Å². The lowest BCUT2D eigenvalue weighted by atomic mass is 10.0. The number of hydrogen-bond acceptors (Lipinski definition) is 2. The summed E-state index contributed by atoms with van der Waals surface area (Å²) in [5, 5.41) is 6.10. The number of benzene rings is 3. The maximum atomic E-state index is 4.55. The number of fused-ring (bicyclic) bond motifs is 4. The summed E-state index contributed by atoms with van der Waals surface area (Å²) in [5.74, 6) is 0. The van der Waals surface area contributed by atoms with Crippen molar-refractivity contribution in [2.45, 2.75) is 12.8 Å². The average molecular weight is 379 g/mol. The molecule has 2 nitrogen and oxygen atoms in total. The fraction of sp³-hybridized carbons (Fsp3) is 0.0800. The first-order chi connectivity index (χ1) is 13.9. The molecule has 0 radical (unpaired) electrons. The first kappa shape index (κ1) is 15.8. The number of nitrogens with zero attached hydrogens (tertiary/aromatic N) is 2. The third-order valence-electron chi connectivity index (χ3n) is 5.59. The van der Waals surface area contributed by atoms with Crippen LogP contribution in [0.4, 0.5) is 0 Å². The standard InChI is InChI=1S/C25H18N2S/c1-2-7-23-20(5-1)21-16-25-18(12-14-28-25)15-24(21)27(23)19-10-8-17(9-11-19)22-6-3-4-13-26-22/h1-2,4-5,7-16H,3,6H2. The Morgan fingerprint density at radius 3 is 2.61 bits per heavy atom. The van der Waals surface area contributed by atoms with Gasteiger partial charge in [0.05, 0.1) is 11.0 Å². The van der Waals surface area contributed by atoms with E-state index >= 15 is 0 Å². The maximum Gasteiger partial charge on any atom is 0.0548 e. The molecule has 2 aromatic heterocycles. The number of para-hydroxylation sites is 1. The third kappa shape index (κ3) is 2.36. The molecule has 0 spiro atoms. The van der Waals surface area contributed by atoms with Crippen LogP contribution in [0.25, 0.3) is 37.6 Å². The van der Waals surface area contributed by atoms with Gasteiger partial charge in [-0.05, 0) is 65.6 Å². The Balaban J connectivity index is 1.60. The molecule has 3 aromatic carbocycles. The highest BCUT2D eigenvalue weighted by atomic mass is 32.1. The Morgan fingerprint density at radius 2 is 1.75 bits per heavy atom. The zero-order valence-corrected chi connectivity index (χ0v) is 16.1. The summed E-state index contributed by atoms with van der Waals surface area (Å²) in [6.45, 7) is 0. The van der Waals surface area contributed by atoms with Crippen LogP contribution in [0.15, 0.2) is 89.4 Å². The fourth-order valence-corrected chi connectivity index (χ4v) is 5.04. The number of aliphatic imine (C=N–C) groups is 1. The second kappa shape index (κ2) is 6.18. The van der Waals surface area contributed by atoms with Crippen molar-refractivity contribution in [3.63, 3.8) is 0 Å². The monoisotopic (exact) mass is 378 g/mol. The quantitative estimate of drug-likeness (QED) is 0.312. The Morgan fingerprint density at radius 1 is 0.857 bits per heavy atom. The summed E-state index contributed by atoms with van der Waals surface area (Å²) in [6, 6.07) is 24.4. The van der Waals surface area contributed by atoms with Crippen LogP contribution in [0.5, 0.6) is 0 Å². The summed E-state index contributed by atoms with van der Waals surface area (Å²) in [6.07, 6.45) is 6.14. The lowest BCUT2D eigenvalue weighted by Crippen LogP contribution is -2.03. The van der Waals surface area contributed by atoms with Gasteiger partial charge in [0, 0.05) is 33.1 Å². The first-order valence-corrected chi connectivity index (χ1v) is 10.5. The Bertz CT molecular complexity index is 1400. The van der Waals surface area contributed by atoms with Gasteiger partial charge in [0.1, 0.15) is 0 Å². The molecular weight excluding hydrogens is 360 g/mol. The second-order valence-electron chi connectivity index (χ2n) is 7.23. The number of hydrogen-bond donors (Lipinski definition) is 0. The van der Waals surface area contributed by atoms with E-state index in [0.717, 1.165) is 12.8 Å². The number of allylic oxidation sites excluding steroid dienone is 1. The van der Waals surface area contributed by atoms with Crippen molar-refractivity contribution in [2.24, 2.45) is 4.99 Å². The summed E-state index contributed by atoms with van der Waals surface area (Å²) >= 11 is 1.81. The van der Waals surface area contributed by atoms with Gasteiger partial charge in [0.15, 0.2) is 0 Å². The highest BCUT2D eigenvalue weighted by Crippen LogP contribution is 2.36. The molecule has 0 N–H and O–H groups in total. The Hall–Kier alpha value is -3.17. The number of aromatic nitrogens is 1. The molecule has 0 atom stereocenters. The summed E-state index contributed by atoms with van der Waals surface area (Å²) in [7, 11) is 0. The van der Waals surface area contributed by atoms with Gasteiger partial charge in [-0.3, -0.25) is 4.99 Å². The molecule has 5 aromatic rings. The van der Waals surface area contributed by atoms with Crippen LogP contribution in [0, 0.1) is 0 Å². The van der Waals surface area contributed by atoms with Crippen molar-refractivity contribution < 1.29 is 0 Å². The van der Waals surface area contributed by atoms with Crippen LogP contribution in [0.3, 0.4) is 0 Å². The molecule has 1 aliphatic heterocycles. The minimum Gasteiger partial charge on any atom is -0.309 e. The molecule has 1 aliphatic rings. The van der Waals surface area contributed by atoms with Gasteiger partial charge >= 0.3 is 0 Å². The van der Waals surface area contributed by atoms with Crippen LogP contribution in [0.2, 0.25) is 0 Å². The summed E-state index contributed by atoms with van der Waals surface area (Å²) in [4.78, 5) is 4.55. The molecule has 0 fully saturated rings. The molecule has 3 heteroatoms. The molecule has 0 saturated heterocycles. The van der Waals surface area contributed by atoms with Gasteiger partial charge in [-0.15, -0.1) is 11.3 Å². The van der Waals surface area contributed by atoms with E-state index in [1.807, 2.05) is 6.20 Å². The van der Waals surface area contributed by atoms with Crippen molar-refractivity contribution in [3.8, 4) is 5.69 Å². The van der Waals surface area contributed by atoms with Gasteiger partial charge < -0.3 is 4.57 Å². The van der Waals surface area contributed by atoms with E-state index in [4.69, 9.17) is 0 Å². The van der Waals surface area contributed by atoms with Gasteiger partial charge in [-0.2, -0.15) is 0 Å². The van der Waals surface area contributed by atoms with Crippen LogP contribution in [0.1, 0.15) is 18.4 Å². The number of thiophene rings is 1. The topological polar surface area (TPSA) is 17.3 Å². The van der Waals surface area contributed by atoms with E-state index < -0.39 is 0 Å². The van der Waals surface area contributed by atoms with Crippen LogP contribution < -0.4 is 0 Å². The average Bonchev–Trinajstić information content (AvgIpc) is 3.35. The predicted octanol–water partition coefficient (Wildman–Crippen LogP) is 7.10. The molecule has 28 heavy (non-hydrogen) atoms. The van der Waals surface area contributed by atoms with Crippen LogP contribution in [-0.2, 0) is 0 Å². The van der Waals surface area contributed by atoms with Gasteiger partial charge in [-0.25, -0.2) is 0 Å². The lowest BCUT2D eigenvalue weighted by molar-refractivity contribution is 1.06. The summed E-state index contributed by atoms with van der Waals surface area (Å²) < 4.78 is 3.72. The molecule has 0 unspecified atom stereocenters. The molecule has 3 heterocycles. The maximum absolute atomic E-state index is 4.55. The van der Waals surface area contributed by atoms with E-state index in [9.17, 15) is 0 Å². The van der Waals surface area contributed by atoms with Crippen molar-refractivity contribution in [1.82, 2.24) is 4.57 Å². The van der Waals surface area contributed by atoms with E-state index in [0.29, 0.717) is 0 Å². The first-order valence-electron chi connectivity index (χ1n) is 9.61. The lowest BCUT2D eigenvalue weighted by Gasteiger charge is -2.11. The van der Waals surface area contributed by atoms with Crippen LogP contribution >= 0.6 is 11.3 Å². The zero-order valence-electron chi connectivity index (χ0n) is 15.3. The minimum absolute atomic E-state index is 1.02. The Kier molecular flexibility index (Phi) is 3.50.